The van der Waals surface area contributed by atoms with Crippen LogP contribution in [0.4, 0.5) is 0 Å². The van der Waals surface area contributed by atoms with E-state index < -0.39 is 54.5 Å². The molecule has 2 rings (SSSR count). The second-order valence-corrected chi connectivity index (χ2v) is 16.2. The normalized spacial score (nSPS) is 36.4. The van der Waals surface area contributed by atoms with Gasteiger partial charge in [0.05, 0.1) is 17.6 Å². The lowest BCUT2D eigenvalue weighted by molar-refractivity contribution is -0.230. The number of esters is 1. The molecule has 8 unspecified atom stereocenters. The van der Waals surface area contributed by atoms with Crippen molar-refractivity contribution in [3.05, 3.63) is 0 Å². The van der Waals surface area contributed by atoms with E-state index in [1.807, 2.05) is 107 Å². The predicted molar refractivity (Wildman–Crippen MR) is 223 cm³/mol. The Morgan fingerprint density at radius 2 is 1.45 bits per heavy atom. The highest BCUT2D eigenvalue weighted by Gasteiger charge is 2.45. The zero-order valence-electron chi connectivity index (χ0n) is 38.7. The van der Waals surface area contributed by atoms with Gasteiger partial charge in [0.25, 0.3) is 0 Å². The summed E-state index contributed by atoms with van der Waals surface area (Å²) in [6.07, 6.45) is -1.53. The van der Waals surface area contributed by atoms with Crippen molar-refractivity contribution in [2.45, 2.75) is 215 Å². The first-order valence-electron chi connectivity index (χ1n) is 21.1. The van der Waals surface area contributed by atoms with Gasteiger partial charge in [-0.3, -0.25) is 4.79 Å². The molecule has 2 saturated heterocycles. The molecule has 0 radical (unpaired) electrons. The van der Waals surface area contributed by atoms with Crippen LogP contribution >= 0.6 is 0 Å². The number of likely N-dealkylation sites (N-methyl/N-ethyl adjacent to an activating group) is 2. The van der Waals surface area contributed by atoms with Gasteiger partial charge >= 0.3 is 5.97 Å². The van der Waals surface area contributed by atoms with Crippen LogP contribution in [-0.2, 0) is 23.7 Å². The van der Waals surface area contributed by atoms with Gasteiger partial charge in [-0.2, -0.15) is 0 Å². The standard InChI is InChI=1S/C22H43NO5.C8H17NO3.C8H18O4.2C2H6/c1-9-18-22(7,27)19(24)17(5)23(8)13-15(3)12-21(6,26)11-14(2)10-16(4)20(25)28-18;1-5-4-6(9(2)3)7(10)8(11)12-5;1-4-5-7(9)12-6(2)8(10)11-3;2*1-2/h14-19,24,26-27H,9-13H2,1-8H3;5-8,10-11H,4H2,1-3H3;6-10H,4-5H2,1-3H3;2*1-2H3/t14-,15+,16?,17?,18+,19?,21-,22+;5?,6?,7-,8?;6-,7?,8?;;/m010../s1. The van der Waals surface area contributed by atoms with Gasteiger partial charge in [0.1, 0.15) is 30.0 Å². The number of hydrogen-bond donors (Lipinski definition) is 7. The summed E-state index contributed by atoms with van der Waals surface area (Å²) in [7, 11) is 7.07. The molecule has 0 aromatic rings. The molecule has 7 N–H and O–H groups in total. The van der Waals surface area contributed by atoms with Crippen molar-refractivity contribution in [3.63, 3.8) is 0 Å². The van der Waals surface area contributed by atoms with Crippen molar-refractivity contribution < 1.29 is 59.5 Å². The van der Waals surface area contributed by atoms with E-state index in [1.54, 1.807) is 13.8 Å². The van der Waals surface area contributed by atoms with E-state index in [2.05, 4.69) is 11.7 Å². The lowest BCUT2D eigenvalue weighted by atomic mass is 9.82. The van der Waals surface area contributed by atoms with Crippen molar-refractivity contribution in [1.82, 2.24) is 9.80 Å². The summed E-state index contributed by atoms with van der Waals surface area (Å²) in [5.41, 5.74) is -2.37. The average Bonchev–Trinajstić information content (AvgIpc) is 3.11. The third kappa shape index (κ3) is 22.4. The Morgan fingerprint density at radius 1 is 0.929 bits per heavy atom. The van der Waals surface area contributed by atoms with Crippen LogP contribution in [0.3, 0.4) is 0 Å². The third-order valence-electron chi connectivity index (χ3n) is 10.2. The van der Waals surface area contributed by atoms with Crippen LogP contribution in [0.15, 0.2) is 0 Å². The number of carbonyl (C=O) groups is 1. The fraction of sp³-hybridized carbons (Fsp3) is 0.976. The van der Waals surface area contributed by atoms with Crippen molar-refractivity contribution in [2.24, 2.45) is 17.8 Å². The topological polar surface area (TPSA) is 202 Å². The van der Waals surface area contributed by atoms with E-state index in [1.165, 1.54) is 7.11 Å². The first kappa shape index (κ1) is 59.3. The maximum Gasteiger partial charge on any atom is 0.309 e. The summed E-state index contributed by atoms with van der Waals surface area (Å²) in [4.78, 5) is 16.5. The maximum atomic E-state index is 12.6. The number of aliphatic hydroxyl groups is 7. The van der Waals surface area contributed by atoms with Crippen LogP contribution in [0.25, 0.3) is 0 Å². The Morgan fingerprint density at radius 3 is 1.91 bits per heavy atom. The van der Waals surface area contributed by atoms with E-state index in [9.17, 15) is 35.4 Å². The summed E-state index contributed by atoms with van der Waals surface area (Å²) < 4.78 is 20.3. The Balaban J connectivity index is -0.000000827. The van der Waals surface area contributed by atoms with E-state index >= 15 is 0 Å². The van der Waals surface area contributed by atoms with Crippen LogP contribution in [0.1, 0.15) is 142 Å². The second kappa shape index (κ2) is 30.1. The minimum atomic E-state index is -1.56. The van der Waals surface area contributed by atoms with Crippen molar-refractivity contribution >= 4 is 5.97 Å². The molecule has 56 heavy (non-hydrogen) atoms. The first-order valence-corrected chi connectivity index (χ1v) is 21.1. The molecule has 0 aromatic carbocycles. The Bertz CT molecular complexity index is 974. The van der Waals surface area contributed by atoms with Crippen LogP contribution in [0.5, 0.6) is 0 Å². The fourth-order valence-electron chi connectivity index (χ4n) is 7.26. The molecule has 0 amide bonds. The Labute approximate surface area is 341 Å². The zero-order valence-corrected chi connectivity index (χ0v) is 38.7. The van der Waals surface area contributed by atoms with Gasteiger partial charge in [0, 0.05) is 25.7 Å². The molecule has 14 nitrogen and oxygen atoms in total. The SMILES string of the molecule is CC.CC.CC1CC(N(C)C)[C@@H](O)C(O)O1.CCCC(O)O[C@@H](C)C(O)OC.CC[C@H]1OC(=O)C(C)C[C@H](C)C[C@](C)(O)C[C@@H](C)CN(C)C(C)C(O)[C@]1(C)O. The van der Waals surface area contributed by atoms with Crippen molar-refractivity contribution in [3.8, 4) is 0 Å². The van der Waals surface area contributed by atoms with Gasteiger partial charge in [-0.25, -0.2) is 0 Å². The summed E-state index contributed by atoms with van der Waals surface area (Å²) >= 11 is 0. The van der Waals surface area contributed by atoms with Crippen LogP contribution in [-0.4, -0.2) is 159 Å². The number of nitrogens with zero attached hydrogens (tertiary/aromatic N) is 2. The monoisotopic (exact) mass is 815 g/mol. The molecule has 0 bridgehead atoms. The molecule has 2 aliphatic heterocycles. The van der Waals surface area contributed by atoms with E-state index in [4.69, 9.17) is 19.3 Å². The van der Waals surface area contributed by atoms with Gasteiger partial charge in [0.2, 0.25) is 0 Å². The first-order chi connectivity index (χ1) is 25.8. The minimum absolute atomic E-state index is 0.01000. The molecular weight excluding hydrogens is 724 g/mol. The number of hydrogen-bond acceptors (Lipinski definition) is 14. The average molecular weight is 815 g/mol. The number of aliphatic hydroxyl groups excluding tert-OH is 5. The van der Waals surface area contributed by atoms with Gasteiger partial charge in [-0.05, 0) is 106 Å². The van der Waals surface area contributed by atoms with E-state index in [-0.39, 0.29) is 41.9 Å². The van der Waals surface area contributed by atoms with Crippen molar-refractivity contribution in [2.75, 3.05) is 34.8 Å². The molecule has 0 aliphatic carbocycles. The summed E-state index contributed by atoms with van der Waals surface area (Å²) in [5.74, 6) is -0.322. The van der Waals surface area contributed by atoms with Crippen LogP contribution < -0.4 is 0 Å². The zero-order chi connectivity index (χ0) is 44.7. The fourth-order valence-corrected chi connectivity index (χ4v) is 7.26. The third-order valence-corrected chi connectivity index (χ3v) is 10.2. The number of methoxy groups -OCH3 is 1. The molecule has 2 fully saturated rings. The van der Waals surface area contributed by atoms with Gasteiger partial charge in [-0.15, -0.1) is 0 Å². The molecule has 0 spiro atoms. The highest BCUT2D eigenvalue weighted by atomic mass is 16.7. The highest BCUT2D eigenvalue weighted by molar-refractivity contribution is 5.72. The molecule has 0 aromatic heterocycles. The molecule has 15 atom stereocenters. The molecule has 340 valence electrons. The lowest BCUT2D eigenvalue weighted by Gasteiger charge is -2.42. The van der Waals surface area contributed by atoms with Gasteiger partial charge in [0.15, 0.2) is 18.9 Å². The molecule has 14 heteroatoms. The minimum Gasteiger partial charge on any atom is -0.459 e. The number of cyclic esters (lactones) is 1. The molecule has 2 aliphatic rings. The molecule has 2 heterocycles. The number of rotatable bonds is 8. The Hall–Kier alpha value is -1.01. The summed E-state index contributed by atoms with van der Waals surface area (Å²) in [6, 6.07) is -0.347. The van der Waals surface area contributed by atoms with Crippen LogP contribution in [0.2, 0.25) is 0 Å². The van der Waals surface area contributed by atoms with Gasteiger partial charge in [-0.1, -0.05) is 68.7 Å². The lowest BCUT2D eigenvalue weighted by Crippen LogP contribution is -2.58. The van der Waals surface area contributed by atoms with E-state index in [0.717, 1.165) is 12.8 Å². The quantitative estimate of drug-likeness (QED) is 0.133. The van der Waals surface area contributed by atoms with E-state index in [0.29, 0.717) is 38.6 Å². The highest BCUT2D eigenvalue weighted by Crippen LogP contribution is 2.31. The number of carbonyl (C=O) groups excluding carboxylic acids is 1. The van der Waals surface area contributed by atoms with Crippen molar-refractivity contribution in [1.29, 1.82) is 0 Å². The molecule has 0 saturated carbocycles. The largest absolute Gasteiger partial charge is 0.459 e. The molecular formula is C42H90N2O12. The van der Waals surface area contributed by atoms with Gasteiger partial charge < -0.3 is 64.5 Å². The Kier molecular flexibility index (Phi) is 31.9. The summed E-state index contributed by atoms with van der Waals surface area (Å²) in [5, 5.41) is 69.9. The number of ether oxygens (including phenoxy) is 4. The maximum absolute atomic E-state index is 12.6. The van der Waals surface area contributed by atoms with Crippen LogP contribution in [0, 0.1) is 17.8 Å². The predicted octanol–water partition coefficient (Wildman–Crippen LogP) is 4.52. The second-order valence-electron chi connectivity index (χ2n) is 16.2. The smallest absolute Gasteiger partial charge is 0.309 e. The summed E-state index contributed by atoms with van der Waals surface area (Å²) in [6.45, 7) is 27.2.